The Morgan fingerprint density at radius 2 is 1.94 bits per heavy atom. The van der Waals surface area contributed by atoms with Crippen molar-refractivity contribution in [2.24, 2.45) is 5.73 Å². The van der Waals surface area contributed by atoms with Crippen LogP contribution in [-0.2, 0) is 6.54 Å². The maximum Gasteiger partial charge on any atom is 0.278 e. The highest BCUT2D eigenvalue weighted by molar-refractivity contribution is 7.17. The summed E-state index contributed by atoms with van der Waals surface area (Å²) in [6.07, 6.45) is 5.52. The van der Waals surface area contributed by atoms with Crippen LogP contribution < -0.4 is 11.2 Å². The first-order valence-electron chi connectivity index (χ1n) is 10.7. The second kappa shape index (κ2) is 9.11. The molecule has 2 unspecified atom stereocenters. The first-order chi connectivity index (χ1) is 16.2. The minimum absolute atomic E-state index is 0.156. The number of phenolic OH excluding ortho intramolecular Hbond substituents is 1. The van der Waals surface area contributed by atoms with E-state index in [1.807, 2.05) is 48.5 Å². The van der Waals surface area contributed by atoms with Gasteiger partial charge in [-0.25, -0.2) is 5.43 Å². The van der Waals surface area contributed by atoms with Crippen molar-refractivity contribution >= 4 is 17.2 Å². The summed E-state index contributed by atoms with van der Waals surface area (Å²) in [5, 5.41) is 12.1. The number of nitrogens with zero attached hydrogens (tertiary/aromatic N) is 3. The molecule has 1 aliphatic heterocycles. The van der Waals surface area contributed by atoms with Gasteiger partial charge in [-0.15, -0.1) is 11.3 Å². The molecule has 1 aliphatic rings. The van der Waals surface area contributed by atoms with Gasteiger partial charge in [0.25, 0.3) is 5.91 Å². The molecule has 3 heterocycles. The van der Waals surface area contributed by atoms with Crippen LogP contribution in [0, 0.1) is 0 Å². The molecule has 4 aromatic rings. The number of aromatic hydroxyl groups is 1. The van der Waals surface area contributed by atoms with Gasteiger partial charge in [0.15, 0.2) is 0 Å². The highest BCUT2D eigenvalue weighted by atomic mass is 32.1. The van der Waals surface area contributed by atoms with Crippen LogP contribution in [0.15, 0.2) is 79.3 Å². The van der Waals surface area contributed by atoms with Gasteiger partial charge in [-0.1, -0.05) is 42.5 Å². The Balaban J connectivity index is 1.48. The van der Waals surface area contributed by atoms with Crippen LogP contribution >= 0.6 is 11.3 Å². The summed E-state index contributed by atoms with van der Waals surface area (Å²) in [6, 6.07) is 18.3. The number of hydrogen-bond donors (Lipinski definition) is 3. The average Bonchev–Trinajstić information content (AvgIpc) is 3.53. The molecule has 0 saturated carbocycles. The smallest absolute Gasteiger partial charge is 0.278 e. The minimum atomic E-state index is -0.354. The second-order valence-corrected chi connectivity index (χ2v) is 8.91. The van der Waals surface area contributed by atoms with Crippen molar-refractivity contribution in [2.75, 3.05) is 0 Å². The van der Waals surface area contributed by atoms with E-state index in [-0.39, 0.29) is 23.7 Å². The normalized spacial score (nSPS) is 17.9. The van der Waals surface area contributed by atoms with Crippen LogP contribution in [-0.4, -0.2) is 26.0 Å². The van der Waals surface area contributed by atoms with Crippen LogP contribution in [0.2, 0.25) is 0 Å². The number of nitrogens with one attached hydrogen (secondary N) is 1. The largest absolute Gasteiger partial charge is 0.508 e. The Morgan fingerprint density at radius 3 is 2.73 bits per heavy atom. The first-order valence-corrected chi connectivity index (χ1v) is 11.5. The molecule has 2 aromatic heterocycles. The quantitative estimate of drug-likeness (QED) is 0.415. The van der Waals surface area contributed by atoms with Crippen LogP contribution in [0.4, 0.5) is 0 Å². The fourth-order valence-corrected chi connectivity index (χ4v) is 5.21. The monoisotopic (exact) mass is 457 g/mol. The van der Waals surface area contributed by atoms with Gasteiger partial charge in [-0.3, -0.25) is 19.8 Å². The predicted molar refractivity (Wildman–Crippen MR) is 127 cm³/mol. The lowest BCUT2D eigenvalue weighted by Crippen LogP contribution is -2.39. The standard InChI is InChI=1S/C25H23N5O2S/c26-14-16-5-1-2-6-17(16)23-9-10-24(33-23)25(32)30-21(18-7-3-4-8-22(18)31)13-19(29-30)20-15-27-11-12-28-20/h1-12,15,19,21,29,31H,13-14,26H2. The van der Waals surface area contributed by atoms with E-state index in [0.29, 0.717) is 23.4 Å². The lowest BCUT2D eigenvalue weighted by Gasteiger charge is -2.24. The number of amides is 1. The molecule has 0 bridgehead atoms. The number of thiophene rings is 1. The maximum atomic E-state index is 13.6. The van der Waals surface area contributed by atoms with Gasteiger partial charge in [0.1, 0.15) is 5.75 Å². The molecule has 8 heteroatoms. The number of benzene rings is 2. The van der Waals surface area contributed by atoms with Crippen LogP contribution in [0.1, 0.15) is 45.0 Å². The number of carbonyl (C=O) groups is 1. The number of hydrazine groups is 1. The van der Waals surface area contributed by atoms with Gasteiger partial charge in [-0.2, -0.15) is 0 Å². The summed E-state index contributed by atoms with van der Waals surface area (Å²) in [7, 11) is 0. The van der Waals surface area contributed by atoms with Gasteiger partial charge in [0.05, 0.1) is 28.9 Å². The minimum Gasteiger partial charge on any atom is -0.508 e. The fourth-order valence-electron chi connectivity index (χ4n) is 4.21. The molecule has 7 nitrogen and oxygen atoms in total. The second-order valence-electron chi connectivity index (χ2n) is 7.82. The Kier molecular flexibility index (Phi) is 5.87. The molecule has 2 aromatic carbocycles. The van der Waals surface area contributed by atoms with E-state index in [1.165, 1.54) is 11.3 Å². The molecule has 5 rings (SSSR count). The van der Waals surface area contributed by atoms with Crippen molar-refractivity contribution in [3.05, 3.63) is 101 Å². The maximum absolute atomic E-state index is 13.6. The third-order valence-electron chi connectivity index (χ3n) is 5.84. The van der Waals surface area contributed by atoms with Crippen molar-refractivity contribution in [2.45, 2.75) is 25.0 Å². The number of phenols is 1. The molecule has 4 N–H and O–H groups in total. The topological polar surface area (TPSA) is 104 Å². The summed E-state index contributed by atoms with van der Waals surface area (Å²) in [5.41, 5.74) is 12.7. The van der Waals surface area contributed by atoms with Crippen LogP contribution in [0.5, 0.6) is 5.75 Å². The number of hydrogen-bond acceptors (Lipinski definition) is 7. The van der Waals surface area contributed by atoms with Crippen molar-refractivity contribution in [3.8, 4) is 16.2 Å². The molecule has 1 amide bonds. The molecule has 0 aliphatic carbocycles. The van der Waals surface area contributed by atoms with Crippen LogP contribution in [0.3, 0.4) is 0 Å². The molecule has 1 saturated heterocycles. The highest BCUT2D eigenvalue weighted by Gasteiger charge is 2.39. The Morgan fingerprint density at radius 1 is 1.12 bits per heavy atom. The van der Waals surface area contributed by atoms with Gasteiger partial charge in [-0.05, 0) is 35.7 Å². The van der Waals surface area contributed by atoms with E-state index in [9.17, 15) is 9.90 Å². The highest BCUT2D eigenvalue weighted by Crippen LogP contribution is 2.41. The zero-order valence-electron chi connectivity index (χ0n) is 17.8. The zero-order chi connectivity index (χ0) is 22.8. The lowest BCUT2D eigenvalue weighted by molar-refractivity contribution is 0.0641. The van der Waals surface area contributed by atoms with E-state index in [2.05, 4.69) is 15.4 Å². The SMILES string of the molecule is NCc1ccccc1-c1ccc(C(=O)N2NC(c3cnccn3)CC2c2ccccc2O)s1. The molecular formula is C25H23N5O2S. The van der Waals surface area contributed by atoms with Gasteiger partial charge < -0.3 is 10.8 Å². The third-order valence-corrected chi connectivity index (χ3v) is 6.95. The lowest BCUT2D eigenvalue weighted by atomic mass is 9.99. The fraction of sp³-hybridized carbons (Fsp3) is 0.160. The number of aromatic nitrogens is 2. The average molecular weight is 458 g/mol. The number of carbonyl (C=O) groups excluding carboxylic acids is 1. The molecular weight excluding hydrogens is 434 g/mol. The van der Waals surface area contributed by atoms with Crippen molar-refractivity contribution in [3.63, 3.8) is 0 Å². The number of para-hydroxylation sites is 1. The van der Waals surface area contributed by atoms with Crippen molar-refractivity contribution in [1.29, 1.82) is 0 Å². The molecule has 0 spiro atoms. The summed E-state index contributed by atoms with van der Waals surface area (Å²) in [4.78, 5) is 23.8. The van der Waals surface area contributed by atoms with Crippen molar-refractivity contribution in [1.82, 2.24) is 20.4 Å². The van der Waals surface area contributed by atoms with E-state index >= 15 is 0 Å². The van der Waals surface area contributed by atoms with Crippen molar-refractivity contribution < 1.29 is 9.90 Å². The van der Waals surface area contributed by atoms with Gasteiger partial charge in [0, 0.05) is 29.4 Å². The summed E-state index contributed by atoms with van der Waals surface area (Å²) in [5.74, 6) is 0.00163. The molecule has 1 fully saturated rings. The Bertz CT molecular complexity index is 1280. The molecule has 0 radical (unpaired) electrons. The van der Waals surface area contributed by atoms with E-state index in [0.717, 1.165) is 21.7 Å². The zero-order valence-corrected chi connectivity index (χ0v) is 18.6. The summed E-state index contributed by atoms with van der Waals surface area (Å²) >= 11 is 1.43. The molecule has 2 atom stereocenters. The van der Waals surface area contributed by atoms with E-state index in [4.69, 9.17) is 5.73 Å². The summed E-state index contributed by atoms with van der Waals surface area (Å²) < 4.78 is 0. The molecule has 33 heavy (non-hydrogen) atoms. The Labute approximate surface area is 195 Å². The molecule has 166 valence electrons. The van der Waals surface area contributed by atoms with E-state index in [1.54, 1.807) is 35.7 Å². The number of nitrogens with two attached hydrogens (primary N) is 1. The third kappa shape index (κ3) is 4.11. The van der Waals surface area contributed by atoms with Gasteiger partial charge >= 0.3 is 0 Å². The summed E-state index contributed by atoms with van der Waals surface area (Å²) in [6.45, 7) is 0.431. The Hall–Kier alpha value is -3.59. The first kappa shape index (κ1) is 21.3. The number of rotatable bonds is 5. The van der Waals surface area contributed by atoms with Gasteiger partial charge in [0.2, 0.25) is 0 Å². The van der Waals surface area contributed by atoms with E-state index < -0.39 is 0 Å². The van der Waals surface area contributed by atoms with Crippen LogP contribution in [0.25, 0.3) is 10.4 Å². The predicted octanol–water partition coefficient (Wildman–Crippen LogP) is 4.20.